The van der Waals surface area contributed by atoms with Gasteiger partial charge in [-0.15, -0.1) is 0 Å². The Morgan fingerprint density at radius 1 is 1.11 bits per heavy atom. The average Bonchev–Trinajstić information content (AvgIpc) is 2.85. The molecule has 1 amide bonds. The highest BCUT2D eigenvalue weighted by atomic mass is 35.5. The molecule has 0 radical (unpaired) electrons. The van der Waals surface area contributed by atoms with Gasteiger partial charge in [0.25, 0.3) is 0 Å². The molecule has 0 aliphatic carbocycles. The number of alkyl halides is 3. The van der Waals surface area contributed by atoms with Crippen LogP contribution in [0.5, 0.6) is 0 Å². The number of rotatable bonds is 3. The zero-order chi connectivity index (χ0) is 20.5. The van der Waals surface area contributed by atoms with E-state index >= 15 is 0 Å². The van der Waals surface area contributed by atoms with E-state index in [1.165, 1.54) is 0 Å². The van der Waals surface area contributed by atoms with Crippen LogP contribution in [-0.2, 0) is 21.0 Å². The average molecular weight is 440 g/mol. The Labute approximate surface area is 166 Å². The second kappa shape index (κ2) is 8.17. The number of hydrogen-bond donors (Lipinski definition) is 1. The van der Waals surface area contributed by atoms with Crippen LogP contribution >= 0.6 is 11.6 Å². The van der Waals surface area contributed by atoms with E-state index in [-0.39, 0.29) is 25.0 Å². The maximum atomic E-state index is 13.0. The highest BCUT2D eigenvalue weighted by Crippen LogP contribution is 2.36. The van der Waals surface area contributed by atoms with E-state index in [1.54, 1.807) is 0 Å². The monoisotopic (exact) mass is 439 g/mol. The van der Waals surface area contributed by atoms with Crippen LogP contribution in [0.15, 0.2) is 23.1 Å². The number of sulfonamides is 1. The van der Waals surface area contributed by atoms with Gasteiger partial charge < -0.3 is 5.32 Å². The molecule has 2 aliphatic heterocycles. The minimum atomic E-state index is -4.74. The lowest BCUT2D eigenvalue weighted by Crippen LogP contribution is -2.55. The summed E-state index contributed by atoms with van der Waals surface area (Å²) in [5.41, 5.74) is -1.18. The SMILES string of the molecule is O=C1NCCCC[C@H]1N1CCN(S(=O)(=O)c2ccc(Cl)c(C(F)(F)F)c2)CC1. The van der Waals surface area contributed by atoms with Crippen LogP contribution in [0.2, 0.25) is 5.02 Å². The Hall–Kier alpha value is -1.36. The lowest BCUT2D eigenvalue weighted by molar-refractivity contribution is -0.137. The largest absolute Gasteiger partial charge is 0.417 e. The fraction of sp³-hybridized carbons (Fsp3) is 0.588. The molecule has 1 atom stereocenters. The van der Waals surface area contributed by atoms with Gasteiger partial charge in [0.05, 0.1) is 21.5 Å². The first kappa shape index (κ1) is 21.4. The van der Waals surface area contributed by atoms with Crippen LogP contribution in [0.3, 0.4) is 0 Å². The summed E-state index contributed by atoms with van der Waals surface area (Å²) in [7, 11) is -4.09. The van der Waals surface area contributed by atoms with Crippen LogP contribution in [0, 0.1) is 0 Å². The molecule has 0 saturated carbocycles. The van der Waals surface area contributed by atoms with Crippen molar-refractivity contribution < 1.29 is 26.4 Å². The smallest absolute Gasteiger partial charge is 0.355 e. The second-order valence-electron chi connectivity index (χ2n) is 6.88. The van der Waals surface area contributed by atoms with E-state index in [9.17, 15) is 26.4 Å². The Bertz CT molecular complexity index is 840. The van der Waals surface area contributed by atoms with E-state index in [4.69, 9.17) is 11.6 Å². The summed E-state index contributed by atoms with van der Waals surface area (Å²) in [6.45, 7) is 1.54. The van der Waals surface area contributed by atoms with Crippen molar-refractivity contribution >= 4 is 27.5 Å². The number of halogens is 4. The first-order chi connectivity index (χ1) is 13.1. The third-order valence-electron chi connectivity index (χ3n) is 5.10. The molecule has 0 spiro atoms. The molecule has 0 unspecified atom stereocenters. The number of amides is 1. The van der Waals surface area contributed by atoms with Crippen molar-refractivity contribution in [1.82, 2.24) is 14.5 Å². The summed E-state index contributed by atoms with van der Waals surface area (Å²) < 4.78 is 65.9. The molecule has 28 heavy (non-hydrogen) atoms. The van der Waals surface area contributed by atoms with E-state index in [1.807, 2.05) is 4.90 Å². The fourth-order valence-electron chi connectivity index (χ4n) is 3.56. The van der Waals surface area contributed by atoms with Gasteiger partial charge in [0.1, 0.15) is 0 Å². The van der Waals surface area contributed by atoms with E-state index in [0.717, 1.165) is 29.3 Å². The molecule has 156 valence electrons. The van der Waals surface area contributed by atoms with Gasteiger partial charge >= 0.3 is 6.18 Å². The van der Waals surface area contributed by atoms with Crippen molar-refractivity contribution in [3.8, 4) is 0 Å². The molecule has 3 rings (SSSR count). The third-order valence-corrected chi connectivity index (χ3v) is 7.33. The molecule has 11 heteroatoms. The number of benzene rings is 1. The molecule has 2 aliphatic rings. The number of hydrogen-bond acceptors (Lipinski definition) is 4. The van der Waals surface area contributed by atoms with Crippen LogP contribution < -0.4 is 5.32 Å². The third kappa shape index (κ3) is 4.45. The quantitative estimate of drug-likeness (QED) is 0.784. The van der Waals surface area contributed by atoms with Crippen LogP contribution in [0.4, 0.5) is 13.2 Å². The van der Waals surface area contributed by atoms with Gasteiger partial charge in [0.15, 0.2) is 0 Å². The highest BCUT2D eigenvalue weighted by molar-refractivity contribution is 7.89. The van der Waals surface area contributed by atoms with E-state index in [0.29, 0.717) is 32.1 Å². The van der Waals surface area contributed by atoms with Gasteiger partial charge in [-0.3, -0.25) is 9.69 Å². The lowest BCUT2D eigenvalue weighted by Gasteiger charge is -2.37. The first-order valence-electron chi connectivity index (χ1n) is 8.99. The summed E-state index contributed by atoms with van der Waals surface area (Å²) >= 11 is 5.58. The minimum Gasteiger partial charge on any atom is -0.355 e. The summed E-state index contributed by atoms with van der Waals surface area (Å²) in [5, 5.41) is 2.31. The minimum absolute atomic E-state index is 0.0543. The predicted molar refractivity (Wildman–Crippen MR) is 97.4 cm³/mol. The standard InChI is InChI=1S/C17H21ClF3N3O3S/c18-14-5-4-12(11-13(14)17(19,20)21)28(26,27)24-9-7-23(8-10-24)15-3-1-2-6-22-16(15)25/h4-5,11,15H,1-3,6-10H2,(H,22,25)/t15-/m1/s1. The van der Waals surface area contributed by atoms with Crippen molar-refractivity contribution in [3.05, 3.63) is 28.8 Å². The van der Waals surface area contributed by atoms with E-state index in [2.05, 4.69) is 5.32 Å². The molecule has 2 fully saturated rings. The van der Waals surface area contributed by atoms with Gasteiger partial charge in [-0.1, -0.05) is 11.6 Å². The van der Waals surface area contributed by atoms with Crippen molar-refractivity contribution in [2.75, 3.05) is 32.7 Å². The molecule has 1 N–H and O–H groups in total. The summed E-state index contributed by atoms with van der Waals surface area (Å²) in [6.07, 6.45) is -2.21. The number of carbonyl (C=O) groups is 1. The number of nitrogens with zero attached hydrogens (tertiary/aromatic N) is 2. The zero-order valence-corrected chi connectivity index (χ0v) is 16.6. The second-order valence-corrected chi connectivity index (χ2v) is 9.23. The Balaban J connectivity index is 1.74. The molecular weight excluding hydrogens is 419 g/mol. The lowest BCUT2D eigenvalue weighted by atomic mass is 10.1. The maximum Gasteiger partial charge on any atom is 0.417 e. The predicted octanol–water partition coefficient (Wildman–Crippen LogP) is 2.33. The van der Waals surface area contributed by atoms with Crippen LogP contribution in [-0.4, -0.2) is 62.3 Å². The van der Waals surface area contributed by atoms with Crippen molar-refractivity contribution in [2.24, 2.45) is 0 Å². The van der Waals surface area contributed by atoms with Gasteiger partial charge in [-0.2, -0.15) is 17.5 Å². The number of piperazine rings is 1. The molecular formula is C17H21ClF3N3O3S. The molecule has 1 aromatic carbocycles. The van der Waals surface area contributed by atoms with Crippen molar-refractivity contribution in [3.63, 3.8) is 0 Å². The first-order valence-corrected chi connectivity index (χ1v) is 10.8. The van der Waals surface area contributed by atoms with Gasteiger partial charge in [-0.05, 0) is 37.5 Å². The number of carbonyl (C=O) groups excluding carboxylic acids is 1. The van der Waals surface area contributed by atoms with Gasteiger partial charge in [0.2, 0.25) is 15.9 Å². The Kier molecular flexibility index (Phi) is 6.23. The van der Waals surface area contributed by atoms with Crippen molar-refractivity contribution in [1.29, 1.82) is 0 Å². The van der Waals surface area contributed by atoms with Crippen LogP contribution in [0.25, 0.3) is 0 Å². The molecule has 0 bridgehead atoms. The topological polar surface area (TPSA) is 69.7 Å². The van der Waals surface area contributed by atoms with Crippen LogP contribution in [0.1, 0.15) is 24.8 Å². The Morgan fingerprint density at radius 2 is 1.79 bits per heavy atom. The zero-order valence-electron chi connectivity index (χ0n) is 15.0. The molecule has 6 nitrogen and oxygen atoms in total. The molecule has 2 saturated heterocycles. The summed E-state index contributed by atoms with van der Waals surface area (Å²) in [4.78, 5) is 13.7. The van der Waals surface area contributed by atoms with E-state index < -0.39 is 31.7 Å². The highest BCUT2D eigenvalue weighted by Gasteiger charge is 2.37. The van der Waals surface area contributed by atoms with Crippen molar-refractivity contribution in [2.45, 2.75) is 36.4 Å². The molecule has 2 heterocycles. The summed E-state index contributed by atoms with van der Waals surface area (Å²) in [5.74, 6) is -0.0543. The Morgan fingerprint density at radius 3 is 2.43 bits per heavy atom. The van der Waals surface area contributed by atoms with Gasteiger partial charge in [-0.25, -0.2) is 8.42 Å². The van der Waals surface area contributed by atoms with Gasteiger partial charge in [0, 0.05) is 32.7 Å². The normalized spacial score (nSPS) is 23.3. The number of nitrogens with one attached hydrogen (secondary N) is 1. The molecule has 1 aromatic rings. The maximum absolute atomic E-state index is 13.0. The summed E-state index contributed by atoms with van der Waals surface area (Å²) in [6, 6.07) is 2.31. The molecule has 0 aromatic heterocycles. The fourth-order valence-corrected chi connectivity index (χ4v) is 5.23.